The van der Waals surface area contributed by atoms with Gasteiger partial charge in [-0.2, -0.15) is 0 Å². The molecule has 1 fully saturated rings. The molecule has 1 saturated heterocycles. The van der Waals surface area contributed by atoms with Crippen molar-refractivity contribution in [2.45, 2.75) is 25.4 Å². The number of aromatic amines is 1. The van der Waals surface area contributed by atoms with E-state index in [2.05, 4.69) is 20.5 Å². The van der Waals surface area contributed by atoms with E-state index < -0.39 is 11.9 Å². The largest absolute Gasteiger partial charge is 0.361 e. The molecule has 4 amide bonds. The Morgan fingerprint density at radius 3 is 2.35 bits per heavy atom. The quantitative estimate of drug-likeness (QED) is 0.281. The zero-order chi connectivity index (χ0) is 30.5. The maximum atomic E-state index is 13.8. The molecule has 1 aliphatic rings. The molecule has 5 rings (SSSR count). The van der Waals surface area contributed by atoms with E-state index >= 15 is 0 Å². The lowest BCUT2D eigenvalue weighted by atomic mass is 9.92. The number of hydrogen-bond donors (Lipinski definition) is 3. The van der Waals surface area contributed by atoms with Crippen LogP contribution in [0.3, 0.4) is 0 Å². The summed E-state index contributed by atoms with van der Waals surface area (Å²) in [5, 5.41) is 7.00. The Morgan fingerprint density at radius 1 is 0.930 bits per heavy atom. The van der Waals surface area contributed by atoms with Crippen LogP contribution in [0.1, 0.15) is 34.3 Å². The first kappa shape index (κ1) is 29.8. The van der Waals surface area contributed by atoms with Crippen molar-refractivity contribution in [2.75, 3.05) is 45.6 Å². The van der Waals surface area contributed by atoms with E-state index in [1.807, 2.05) is 75.7 Å². The predicted octanol–water partition coefficient (Wildman–Crippen LogP) is 4.65. The fourth-order valence-corrected chi connectivity index (χ4v) is 5.51. The number of halogens is 1. The number of nitrogens with zero attached hydrogens (tertiary/aromatic N) is 3. The van der Waals surface area contributed by atoms with Gasteiger partial charge in [0.1, 0.15) is 11.9 Å². The molecule has 2 heterocycles. The number of carbonyl (C=O) groups excluding carboxylic acids is 3. The van der Waals surface area contributed by atoms with E-state index in [9.17, 15) is 18.8 Å². The molecule has 10 heteroatoms. The lowest BCUT2D eigenvalue weighted by molar-refractivity contribution is -0.118. The number of piperazine rings is 1. The smallest absolute Gasteiger partial charge is 0.318 e. The molecule has 43 heavy (non-hydrogen) atoms. The third kappa shape index (κ3) is 7.03. The molecule has 0 radical (unpaired) electrons. The van der Waals surface area contributed by atoms with Gasteiger partial charge in [0.2, 0.25) is 5.91 Å². The van der Waals surface area contributed by atoms with Gasteiger partial charge in [-0.05, 0) is 67.7 Å². The Morgan fingerprint density at radius 2 is 1.63 bits per heavy atom. The van der Waals surface area contributed by atoms with Gasteiger partial charge < -0.3 is 30.3 Å². The summed E-state index contributed by atoms with van der Waals surface area (Å²) in [7, 11) is 3.97. The highest BCUT2D eigenvalue weighted by Crippen LogP contribution is 2.29. The van der Waals surface area contributed by atoms with E-state index in [-0.39, 0.29) is 23.8 Å². The van der Waals surface area contributed by atoms with Crippen LogP contribution in [0.25, 0.3) is 10.9 Å². The summed E-state index contributed by atoms with van der Waals surface area (Å²) >= 11 is 0. The summed E-state index contributed by atoms with van der Waals surface area (Å²) in [5.41, 5.74) is 3.99. The second-order valence-electron chi connectivity index (χ2n) is 11.2. The molecule has 1 aliphatic heterocycles. The molecule has 0 spiro atoms. The number of para-hydroxylation sites is 1. The fraction of sp³-hybridized carbons (Fsp3) is 0.303. The Balaban J connectivity index is 1.31. The summed E-state index contributed by atoms with van der Waals surface area (Å²) in [4.78, 5) is 48.8. The lowest BCUT2D eigenvalue weighted by Gasteiger charge is -2.36. The average molecular weight is 585 g/mol. The van der Waals surface area contributed by atoms with E-state index in [0.29, 0.717) is 37.4 Å². The second-order valence-corrected chi connectivity index (χ2v) is 11.2. The maximum absolute atomic E-state index is 13.8. The average Bonchev–Trinajstić information content (AvgIpc) is 3.44. The zero-order valence-corrected chi connectivity index (χ0v) is 24.6. The van der Waals surface area contributed by atoms with Crippen LogP contribution in [0.2, 0.25) is 0 Å². The fourth-order valence-electron chi connectivity index (χ4n) is 5.51. The van der Waals surface area contributed by atoms with Crippen LogP contribution in [0.4, 0.5) is 14.9 Å². The molecule has 2 atom stereocenters. The Bertz CT molecular complexity index is 1590. The highest BCUT2D eigenvalue weighted by molar-refractivity contribution is 5.98. The van der Waals surface area contributed by atoms with Crippen molar-refractivity contribution in [3.8, 4) is 0 Å². The van der Waals surface area contributed by atoms with Crippen molar-refractivity contribution in [1.29, 1.82) is 0 Å². The number of nitrogens with one attached hydrogen (secondary N) is 3. The molecular weight excluding hydrogens is 547 g/mol. The molecule has 1 aromatic heterocycles. The van der Waals surface area contributed by atoms with Gasteiger partial charge in [0.15, 0.2) is 0 Å². The van der Waals surface area contributed by atoms with Crippen molar-refractivity contribution in [3.05, 3.63) is 102 Å². The number of amides is 4. The number of H-pyrrole nitrogens is 1. The molecule has 3 N–H and O–H groups in total. The molecular formula is C33H37FN6O3. The molecule has 3 aromatic carbocycles. The minimum absolute atomic E-state index is 0.207. The monoisotopic (exact) mass is 584 g/mol. The first-order valence-electron chi connectivity index (χ1n) is 14.4. The lowest BCUT2D eigenvalue weighted by Crippen LogP contribution is -2.57. The third-order valence-electron chi connectivity index (χ3n) is 7.81. The van der Waals surface area contributed by atoms with Crippen LogP contribution < -0.4 is 10.6 Å². The molecule has 4 aromatic rings. The standard InChI is InChI=1S/C33H37FN6O3/c1-22(28-20-35-29-10-5-4-9-27(28)29)30(31(41)36-26-8-6-7-23(19-26)21-38(2)3)37-33(43)40-17-15-39(16-18-40)32(42)24-11-13-25(34)14-12-24/h4-14,19-20,22,30,35H,15-18,21H2,1-3H3,(H,36,41)(H,37,43)/t22-,30-/m1/s1. The minimum atomic E-state index is -0.872. The van der Waals surface area contributed by atoms with Crippen LogP contribution in [0, 0.1) is 5.82 Å². The Kier molecular flexibility index (Phi) is 9.06. The van der Waals surface area contributed by atoms with Gasteiger partial charge in [-0.25, -0.2) is 9.18 Å². The number of anilines is 1. The SMILES string of the molecule is C[C@H](c1c[nH]c2ccccc12)[C@@H](NC(=O)N1CCN(C(=O)c2ccc(F)cc2)CC1)C(=O)Nc1cccc(CN(C)C)c1. The van der Waals surface area contributed by atoms with E-state index in [1.165, 1.54) is 24.3 Å². The second kappa shape index (κ2) is 13.1. The summed E-state index contributed by atoms with van der Waals surface area (Å²) in [6.07, 6.45) is 1.89. The number of hydrogen-bond acceptors (Lipinski definition) is 4. The summed E-state index contributed by atoms with van der Waals surface area (Å²) < 4.78 is 13.3. The van der Waals surface area contributed by atoms with Crippen molar-refractivity contribution in [1.82, 2.24) is 25.0 Å². The van der Waals surface area contributed by atoms with Gasteiger partial charge in [-0.1, -0.05) is 37.3 Å². The molecule has 0 aliphatic carbocycles. The van der Waals surface area contributed by atoms with Gasteiger partial charge in [0.25, 0.3) is 5.91 Å². The number of fused-ring (bicyclic) bond motifs is 1. The van der Waals surface area contributed by atoms with Crippen LogP contribution in [0.15, 0.2) is 79.0 Å². The third-order valence-corrected chi connectivity index (χ3v) is 7.81. The Hall–Kier alpha value is -4.70. The molecule has 224 valence electrons. The highest BCUT2D eigenvalue weighted by Gasteiger charge is 2.33. The van der Waals surface area contributed by atoms with Crippen LogP contribution in [-0.2, 0) is 11.3 Å². The van der Waals surface area contributed by atoms with Crippen LogP contribution >= 0.6 is 0 Å². The Labute approximate surface area is 250 Å². The molecule has 0 saturated carbocycles. The minimum Gasteiger partial charge on any atom is -0.361 e. The van der Waals surface area contributed by atoms with Crippen molar-refractivity contribution in [3.63, 3.8) is 0 Å². The van der Waals surface area contributed by atoms with Crippen molar-refractivity contribution in [2.24, 2.45) is 0 Å². The first-order chi connectivity index (χ1) is 20.7. The topological polar surface area (TPSA) is 101 Å². The van der Waals surface area contributed by atoms with E-state index in [4.69, 9.17) is 0 Å². The van der Waals surface area contributed by atoms with E-state index in [0.717, 1.165) is 28.6 Å². The van der Waals surface area contributed by atoms with Gasteiger partial charge in [0, 0.05) is 67.0 Å². The predicted molar refractivity (Wildman–Crippen MR) is 165 cm³/mol. The van der Waals surface area contributed by atoms with Gasteiger partial charge in [0.05, 0.1) is 0 Å². The van der Waals surface area contributed by atoms with Gasteiger partial charge in [-0.3, -0.25) is 9.59 Å². The van der Waals surface area contributed by atoms with Gasteiger partial charge >= 0.3 is 6.03 Å². The van der Waals surface area contributed by atoms with Crippen molar-refractivity contribution >= 4 is 34.4 Å². The number of benzene rings is 3. The zero-order valence-electron chi connectivity index (χ0n) is 24.6. The summed E-state index contributed by atoms with van der Waals surface area (Å²) in [5.74, 6) is -1.29. The summed E-state index contributed by atoms with van der Waals surface area (Å²) in [6, 6.07) is 19.7. The number of urea groups is 1. The van der Waals surface area contributed by atoms with Gasteiger partial charge in [-0.15, -0.1) is 0 Å². The van der Waals surface area contributed by atoms with E-state index in [1.54, 1.807) is 9.80 Å². The summed E-state index contributed by atoms with van der Waals surface area (Å²) in [6.45, 7) is 3.93. The number of carbonyl (C=O) groups is 3. The first-order valence-corrected chi connectivity index (χ1v) is 14.4. The highest BCUT2D eigenvalue weighted by atomic mass is 19.1. The van der Waals surface area contributed by atoms with Crippen LogP contribution in [-0.4, -0.2) is 83.8 Å². The maximum Gasteiger partial charge on any atom is 0.318 e. The molecule has 0 bridgehead atoms. The number of rotatable bonds is 8. The molecule has 9 nitrogen and oxygen atoms in total. The van der Waals surface area contributed by atoms with Crippen LogP contribution in [0.5, 0.6) is 0 Å². The number of aromatic nitrogens is 1. The molecule has 0 unspecified atom stereocenters. The normalized spacial score (nSPS) is 14.9. The van der Waals surface area contributed by atoms with Crippen molar-refractivity contribution < 1.29 is 18.8 Å².